The fourth-order valence-electron chi connectivity index (χ4n) is 4.40. The van der Waals surface area contributed by atoms with Crippen LogP contribution in [0.4, 0.5) is 11.4 Å². The van der Waals surface area contributed by atoms with E-state index in [2.05, 4.69) is 4.98 Å². The minimum Gasteiger partial charge on any atom is -0.503 e. The van der Waals surface area contributed by atoms with Gasteiger partial charge in [0.05, 0.1) is 22.2 Å². The number of thiazole rings is 1. The van der Waals surface area contributed by atoms with Gasteiger partial charge in [0.2, 0.25) is 5.78 Å². The number of rotatable bonds is 6. The summed E-state index contributed by atoms with van der Waals surface area (Å²) in [5, 5.41) is 11.8. The van der Waals surface area contributed by atoms with Crippen LogP contribution in [0.5, 0.6) is 0 Å². The third kappa shape index (κ3) is 4.07. The second-order valence-electron chi connectivity index (χ2n) is 8.79. The molecule has 1 aliphatic heterocycles. The molecule has 7 heteroatoms. The molecule has 2 heterocycles. The van der Waals surface area contributed by atoms with E-state index in [0.717, 1.165) is 16.8 Å². The second-order valence-corrected chi connectivity index (χ2v) is 9.79. The molecular weight excluding hydrogens is 470 g/mol. The Balaban J connectivity index is 1.62. The number of para-hydroxylation sites is 1. The standard InChI is InChI=1S/C29H25N3O3S/c1-18-27(36-28(30-18)20-10-6-4-7-11-20)25(33)23-24(19-14-16-21(17-15-19)31(2)3)32(29(35)26(23)34)22-12-8-5-9-13-22/h4-17,24,34H,1-3H3. The molecule has 1 aromatic heterocycles. The summed E-state index contributed by atoms with van der Waals surface area (Å²) in [6.45, 7) is 1.78. The topological polar surface area (TPSA) is 73.7 Å². The number of aryl methyl sites for hydroxylation is 1. The molecule has 5 rings (SSSR count). The number of aliphatic hydroxyl groups is 1. The normalized spacial score (nSPS) is 15.5. The largest absolute Gasteiger partial charge is 0.503 e. The van der Waals surface area contributed by atoms with E-state index < -0.39 is 23.5 Å². The number of carbonyl (C=O) groups excluding carboxylic acids is 2. The van der Waals surface area contributed by atoms with E-state index in [-0.39, 0.29) is 5.57 Å². The molecule has 1 unspecified atom stereocenters. The van der Waals surface area contributed by atoms with E-state index in [9.17, 15) is 14.7 Å². The second kappa shape index (κ2) is 9.43. The van der Waals surface area contributed by atoms with Crippen LogP contribution >= 0.6 is 11.3 Å². The molecule has 1 aliphatic rings. The summed E-state index contributed by atoms with van der Waals surface area (Å²) in [6.07, 6.45) is 0. The summed E-state index contributed by atoms with van der Waals surface area (Å²) in [6, 6.07) is 25.6. The van der Waals surface area contributed by atoms with Gasteiger partial charge in [-0.25, -0.2) is 4.98 Å². The van der Waals surface area contributed by atoms with Gasteiger partial charge in [0.15, 0.2) is 5.76 Å². The number of amides is 1. The average Bonchev–Trinajstić information content (AvgIpc) is 3.42. The zero-order valence-electron chi connectivity index (χ0n) is 20.2. The molecule has 1 atom stereocenters. The van der Waals surface area contributed by atoms with E-state index in [1.165, 1.54) is 16.2 Å². The number of ketones is 1. The summed E-state index contributed by atoms with van der Waals surface area (Å²) in [7, 11) is 3.89. The molecule has 0 spiro atoms. The van der Waals surface area contributed by atoms with E-state index in [0.29, 0.717) is 21.3 Å². The lowest BCUT2D eigenvalue weighted by Gasteiger charge is -2.27. The Morgan fingerprint density at radius 3 is 2.17 bits per heavy atom. The Hall–Kier alpha value is -4.23. The smallest absolute Gasteiger partial charge is 0.294 e. The first-order chi connectivity index (χ1) is 17.4. The summed E-state index contributed by atoms with van der Waals surface area (Å²) in [5.41, 5.74) is 3.86. The molecule has 1 N–H and O–H groups in total. The van der Waals surface area contributed by atoms with Crippen LogP contribution in [0.2, 0.25) is 0 Å². The summed E-state index contributed by atoms with van der Waals surface area (Å²) < 4.78 is 0. The van der Waals surface area contributed by atoms with Crippen molar-refractivity contribution in [2.75, 3.05) is 23.9 Å². The number of hydrogen-bond acceptors (Lipinski definition) is 6. The number of carbonyl (C=O) groups is 2. The van der Waals surface area contributed by atoms with Gasteiger partial charge in [-0.3, -0.25) is 14.5 Å². The van der Waals surface area contributed by atoms with Crippen molar-refractivity contribution in [2.45, 2.75) is 13.0 Å². The molecule has 0 aliphatic carbocycles. The molecule has 36 heavy (non-hydrogen) atoms. The number of hydrogen-bond donors (Lipinski definition) is 1. The number of aromatic nitrogens is 1. The maximum atomic E-state index is 14.0. The molecule has 0 fully saturated rings. The molecule has 180 valence electrons. The van der Waals surface area contributed by atoms with Crippen LogP contribution in [0.3, 0.4) is 0 Å². The third-order valence-corrected chi connectivity index (χ3v) is 7.44. The maximum absolute atomic E-state index is 14.0. The fourth-order valence-corrected chi connectivity index (χ4v) is 5.42. The molecule has 4 aromatic rings. The Kier molecular flexibility index (Phi) is 6.16. The molecule has 6 nitrogen and oxygen atoms in total. The van der Waals surface area contributed by atoms with Crippen molar-refractivity contribution >= 4 is 34.4 Å². The highest BCUT2D eigenvalue weighted by molar-refractivity contribution is 7.17. The lowest BCUT2D eigenvalue weighted by Crippen LogP contribution is -2.31. The van der Waals surface area contributed by atoms with Gasteiger partial charge < -0.3 is 10.0 Å². The number of aliphatic hydroxyl groups excluding tert-OH is 1. The molecule has 0 saturated heterocycles. The van der Waals surface area contributed by atoms with Gasteiger partial charge in [-0.15, -0.1) is 11.3 Å². The van der Waals surface area contributed by atoms with Crippen molar-refractivity contribution in [3.05, 3.63) is 112 Å². The van der Waals surface area contributed by atoms with Crippen molar-refractivity contribution in [1.29, 1.82) is 0 Å². The number of anilines is 2. The molecule has 0 bridgehead atoms. The van der Waals surface area contributed by atoms with Gasteiger partial charge >= 0.3 is 0 Å². The first-order valence-electron chi connectivity index (χ1n) is 11.5. The van der Waals surface area contributed by atoms with Crippen molar-refractivity contribution < 1.29 is 14.7 Å². The molecule has 0 saturated carbocycles. The van der Waals surface area contributed by atoms with Crippen molar-refractivity contribution in [3.63, 3.8) is 0 Å². The van der Waals surface area contributed by atoms with Gasteiger partial charge in [-0.05, 0) is 36.8 Å². The van der Waals surface area contributed by atoms with E-state index in [1.54, 1.807) is 19.1 Å². The SMILES string of the molecule is Cc1nc(-c2ccccc2)sc1C(=O)C1=C(O)C(=O)N(c2ccccc2)C1c1ccc(N(C)C)cc1. The van der Waals surface area contributed by atoms with Gasteiger partial charge in [0.25, 0.3) is 5.91 Å². The van der Waals surface area contributed by atoms with Crippen LogP contribution in [0.15, 0.2) is 96.3 Å². The maximum Gasteiger partial charge on any atom is 0.294 e. The lowest BCUT2D eigenvalue weighted by molar-refractivity contribution is -0.117. The highest BCUT2D eigenvalue weighted by atomic mass is 32.1. The lowest BCUT2D eigenvalue weighted by atomic mass is 9.94. The summed E-state index contributed by atoms with van der Waals surface area (Å²) in [4.78, 5) is 35.8. The number of Topliss-reactive ketones (excluding diaryl/α,β-unsaturated/α-hetero) is 1. The van der Waals surface area contributed by atoms with E-state index in [1.807, 2.05) is 91.8 Å². The summed E-state index contributed by atoms with van der Waals surface area (Å²) >= 11 is 1.27. The first-order valence-corrected chi connectivity index (χ1v) is 12.3. The predicted octanol–water partition coefficient (Wildman–Crippen LogP) is 5.97. The predicted molar refractivity (Wildman–Crippen MR) is 144 cm³/mol. The first kappa shape index (κ1) is 23.5. The monoisotopic (exact) mass is 495 g/mol. The van der Waals surface area contributed by atoms with Crippen LogP contribution in [-0.2, 0) is 4.79 Å². The average molecular weight is 496 g/mol. The highest BCUT2D eigenvalue weighted by Crippen LogP contribution is 2.43. The van der Waals surface area contributed by atoms with Gasteiger partial charge in [-0.1, -0.05) is 60.7 Å². The van der Waals surface area contributed by atoms with Crippen molar-refractivity contribution in [2.24, 2.45) is 0 Å². The minimum atomic E-state index is -0.773. The molecule has 1 amide bonds. The highest BCUT2D eigenvalue weighted by Gasteiger charge is 2.45. The Morgan fingerprint density at radius 1 is 0.944 bits per heavy atom. The van der Waals surface area contributed by atoms with Crippen LogP contribution in [0.1, 0.15) is 27.0 Å². The zero-order valence-corrected chi connectivity index (χ0v) is 21.0. The fraction of sp³-hybridized carbons (Fsp3) is 0.138. The van der Waals surface area contributed by atoms with Gasteiger partial charge in [0.1, 0.15) is 5.01 Å². The third-order valence-electron chi connectivity index (χ3n) is 6.24. The van der Waals surface area contributed by atoms with Crippen LogP contribution in [0, 0.1) is 6.92 Å². The Morgan fingerprint density at radius 2 is 1.56 bits per heavy atom. The number of nitrogens with zero attached hydrogens (tertiary/aromatic N) is 3. The van der Waals surface area contributed by atoms with Crippen LogP contribution in [-0.4, -0.2) is 35.9 Å². The van der Waals surface area contributed by atoms with Crippen LogP contribution < -0.4 is 9.80 Å². The van der Waals surface area contributed by atoms with Crippen molar-refractivity contribution in [1.82, 2.24) is 4.98 Å². The molecule has 3 aromatic carbocycles. The van der Waals surface area contributed by atoms with E-state index >= 15 is 0 Å². The minimum absolute atomic E-state index is 0.0628. The van der Waals surface area contributed by atoms with Gasteiger partial charge in [0, 0.05) is 31.0 Å². The van der Waals surface area contributed by atoms with Crippen LogP contribution in [0.25, 0.3) is 10.6 Å². The number of benzene rings is 3. The van der Waals surface area contributed by atoms with E-state index in [4.69, 9.17) is 0 Å². The Labute approximate surface area is 213 Å². The summed E-state index contributed by atoms with van der Waals surface area (Å²) in [5.74, 6) is -1.52. The quantitative estimate of drug-likeness (QED) is 0.334. The molecular formula is C29H25N3O3S. The molecule has 0 radical (unpaired) electrons. The van der Waals surface area contributed by atoms with Gasteiger partial charge in [-0.2, -0.15) is 0 Å². The Bertz CT molecular complexity index is 1460. The van der Waals surface area contributed by atoms with Crippen molar-refractivity contribution in [3.8, 4) is 10.6 Å². The zero-order chi connectivity index (χ0) is 25.4.